The van der Waals surface area contributed by atoms with Crippen molar-refractivity contribution in [3.63, 3.8) is 0 Å². The third kappa shape index (κ3) is 4.18. The van der Waals surface area contributed by atoms with Crippen LogP contribution in [0.2, 0.25) is 0 Å². The highest BCUT2D eigenvalue weighted by Gasteiger charge is 2.08. The SMILES string of the molecule is O=C(OCc1ccc(-c2ccccc2)cc1)c1ccc(-c2ccccc2)cc1. The Kier molecular flexibility index (Phi) is 5.30. The van der Waals surface area contributed by atoms with Crippen LogP contribution in [0.1, 0.15) is 15.9 Å². The summed E-state index contributed by atoms with van der Waals surface area (Å²) in [6, 6.07) is 35.9. The predicted molar refractivity (Wildman–Crippen MR) is 113 cm³/mol. The first-order chi connectivity index (χ1) is 13.8. The van der Waals surface area contributed by atoms with Crippen molar-refractivity contribution in [1.29, 1.82) is 0 Å². The van der Waals surface area contributed by atoms with Crippen LogP contribution in [0.15, 0.2) is 109 Å². The minimum atomic E-state index is -0.313. The molecule has 0 N–H and O–H groups in total. The lowest BCUT2D eigenvalue weighted by Gasteiger charge is -2.07. The van der Waals surface area contributed by atoms with Crippen molar-refractivity contribution in [2.24, 2.45) is 0 Å². The van der Waals surface area contributed by atoms with Gasteiger partial charge in [0.15, 0.2) is 0 Å². The molecular formula is C26H20O2. The Labute approximate surface area is 165 Å². The summed E-state index contributed by atoms with van der Waals surface area (Å²) in [5.41, 5.74) is 6.04. The van der Waals surface area contributed by atoms with Gasteiger partial charge in [-0.25, -0.2) is 4.79 Å². The molecule has 0 bridgehead atoms. The van der Waals surface area contributed by atoms with Crippen LogP contribution in [-0.4, -0.2) is 5.97 Å². The molecular weight excluding hydrogens is 344 g/mol. The van der Waals surface area contributed by atoms with Gasteiger partial charge in [0, 0.05) is 0 Å². The fraction of sp³-hybridized carbons (Fsp3) is 0.0385. The van der Waals surface area contributed by atoms with Gasteiger partial charge in [0.25, 0.3) is 0 Å². The average Bonchev–Trinajstić information content (AvgIpc) is 2.79. The van der Waals surface area contributed by atoms with Crippen molar-refractivity contribution < 1.29 is 9.53 Å². The lowest BCUT2D eigenvalue weighted by atomic mass is 10.0. The summed E-state index contributed by atoms with van der Waals surface area (Å²) in [6.45, 7) is 0.258. The molecule has 0 aliphatic rings. The minimum absolute atomic E-state index is 0.258. The Morgan fingerprint density at radius 2 is 0.964 bits per heavy atom. The van der Waals surface area contributed by atoms with Crippen molar-refractivity contribution in [2.75, 3.05) is 0 Å². The lowest BCUT2D eigenvalue weighted by Crippen LogP contribution is -2.05. The molecule has 2 heteroatoms. The van der Waals surface area contributed by atoms with Gasteiger partial charge in [0.1, 0.15) is 6.61 Å². The zero-order valence-corrected chi connectivity index (χ0v) is 15.4. The van der Waals surface area contributed by atoms with Crippen LogP contribution >= 0.6 is 0 Å². The molecule has 136 valence electrons. The van der Waals surface area contributed by atoms with Gasteiger partial charge in [0.05, 0.1) is 5.56 Å². The van der Waals surface area contributed by atoms with Crippen LogP contribution < -0.4 is 0 Å². The number of hydrogen-bond acceptors (Lipinski definition) is 2. The van der Waals surface area contributed by atoms with Gasteiger partial charge in [-0.1, -0.05) is 97.1 Å². The third-order valence-electron chi connectivity index (χ3n) is 4.66. The maximum absolute atomic E-state index is 12.3. The first-order valence-corrected chi connectivity index (χ1v) is 9.26. The van der Waals surface area contributed by atoms with E-state index in [0.717, 1.165) is 22.3 Å². The maximum Gasteiger partial charge on any atom is 0.338 e. The van der Waals surface area contributed by atoms with E-state index in [2.05, 4.69) is 12.1 Å². The van der Waals surface area contributed by atoms with E-state index in [1.54, 1.807) is 0 Å². The van der Waals surface area contributed by atoms with Crippen LogP contribution in [0.5, 0.6) is 0 Å². The van der Waals surface area contributed by atoms with Crippen LogP contribution in [-0.2, 0) is 11.3 Å². The van der Waals surface area contributed by atoms with Crippen molar-refractivity contribution in [1.82, 2.24) is 0 Å². The van der Waals surface area contributed by atoms with Gasteiger partial charge in [-0.15, -0.1) is 0 Å². The molecule has 0 atom stereocenters. The Balaban J connectivity index is 1.38. The number of rotatable bonds is 5. The number of ether oxygens (including phenoxy) is 1. The predicted octanol–water partition coefficient (Wildman–Crippen LogP) is 6.38. The molecule has 0 spiro atoms. The Morgan fingerprint density at radius 1 is 0.536 bits per heavy atom. The van der Waals surface area contributed by atoms with Gasteiger partial charge >= 0.3 is 5.97 Å². The summed E-state index contributed by atoms with van der Waals surface area (Å²) < 4.78 is 5.47. The van der Waals surface area contributed by atoms with Crippen molar-refractivity contribution in [3.05, 3.63) is 120 Å². The quantitative estimate of drug-likeness (QED) is 0.384. The maximum atomic E-state index is 12.3. The molecule has 0 fully saturated rings. The van der Waals surface area contributed by atoms with Crippen molar-refractivity contribution in [3.8, 4) is 22.3 Å². The van der Waals surface area contributed by atoms with E-state index in [0.29, 0.717) is 5.56 Å². The van der Waals surface area contributed by atoms with E-state index in [1.165, 1.54) is 5.56 Å². The topological polar surface area (TPSA) is 26.3 Å². The Hall–Kier alpha value is -3.65. The summed E-state index contributed by atoms with van der Waals surface area (Å²) in [4.78, 5) is 12.3. The summed E-state index contributed by atoms with van der Waals surface area (Å²) in [5.74, 6) is -0.313. The molecule has 2 nitrogen and oxygen atoms in total. The second-order valence-electron chi connectivity index (χ2n) is 6.58. The van der Waals surface area contributed by atoms with Gasteiger partial charge in [-0.2, -0.15) is 0 Å². The van der Waals surface area contributed by atoms with Crippen LogP contribution in [0.25, 0.3) is 22.3 Å². The van der Waals surface area contributed by atoms with Crippen LogP contribution in [0, 0.1) is 0 Å². The summed E-state index contributed by atoms with van der Waals surface area (Å²) >= 11 is 0. The second kappa shape index (κ2) is 8.36. The minimum Gasteiger partial charge on any atom is -0.457 e. The molecule has 0 saturated carbocycles. The first-order valence-electron chi connectivity index (χ1n) is 9.26. The summed E-state index contributed by atoms with van der Waals surface area (Å²) in [5, 5.41) is 0. The molecule has 0 aromatic heterocycles. The van der Waals surface area contributed by atoms with Crippen molar-refractivity contribution in [2.45, 2.75) is 6.61 Å². The van der Waals surface area contributed by atoms with E-state index >= 15 is 0 Å². The number of hydrogen-bond donors (Lipinski definition) is 0. The molecule has 0 aliphatic heterocycles. The molecule has 4 aromatic rings. The fourth-order valence-electron chi connectivity index (χ4n) is 3.09. The van der Waals surface area contributed by atoms with E-state index in [4.69, 9.17) is 4.74 Å². The zero-order valence-electron chi connectivity index (χ0n) is 15.4. The molecule has 0 amide bonds. The Bertz CT molecular complexity index is 1040. The zero-order chi connectivity index (χ0) is 19.2. The summed E-state index contributed by atoms with van der Waals surface area (Å²) in [6.07, 6.45) is 0. The molecule has 0 heterocycles. The normalized spacial score (nSPS) is 10.4. The van der Waals surface area contributed by atoms with E-state index < -0.39 is 0 Å². The molecule has 0 aliphatic carbocycles. The van der Waals surface area contributed by atoms with Crippen LogP contribution in [0.3, 0.4) is 0 Å². The molecule has 28 heavy (non-hydrogen) atoms. The third-order valence-corrected chi connectivity index (χ3v) is 4.66. The fourth-order valence-corrected chi connectivity index (χ4v) is 3.09. The lowest BCUT2D eigenvalue weighted by molar-refractivity contribution is 0.0473. The van der Waals surface area contributed by atoms with Crippen LogP contribution in [0.4, 0.5) is 0 Å². The molecule has 0 unspecified atom stereocenters. The molecule has 4 rings (SSSR count). The highest BCUT2D eigenvalue weighted by molar-refractivity contribution is 5.90. The van der Waals surface area contributed by atoms with Crippen molar-refractivity contribution >= 4 is 5.97 Å². The first kappa shape index (κ1) is 17.7. The van der Waals surface area contributed by atoms with Gasteiger partial charge in [-0.3, -0.25) is 0 Å². The molecule has 0 radical (unpaired) electrons. The number of carbonyl (C=O) groups is 1. The van der Waals surface area contributed by atoms with E-state index in [9.17, 15) is 4.79 Å². The highest BCUT2D eigenvalue weighted by Crippen LogP contribution is 2.21. The second-order valence-corrected chi connectivity index (χ2v) is 6.58. The van der Waals surface area contributed by atoms with Gasteiger partial charge < -0.3 is 4.74 Å². The number of esters is 1. The molecule has 0 saturated heterocycles. The van der Waals surface area contributed by atoms with E-state index in [1.807, 2.05) is 97.1 Å². The average molecular weight is 364 g/mol. The van der Waals surface area contributed by atoms with Gasteiger partial charge in [0.2, 0.25) is 0 Å². The standard InChI is InChI=1S/C26H20O2/c27-26(25-17-15-24(16-18-25)22-9-5-2-6-10-22)28-19-20-11-13-23(14-12-20)21-7-3-1-4-8-21/h1-18H,19H2. The molecule has 4 aromatic carbocycles. The van der Waals surface area contributed by atoms with E-state index in [-0.39, 0.29) is 12.6 Å². The summed E-state index contributed by atoms with van der Waals surface area (Å²) in [7, 11) is 0. The largest absolute Gasteiger partial charge is 0.457 e. The number of carbonyl (C=O) groups excluding carboxylic acids is 1. The number of benzene rings is 4. The Morgan fingerprint density at radius 3 is 1.46 bits per heavy atom. The van der Waals surface area contributed by atoms with Gasteiger partial charge in [-0.05, 0) is 39.9 Å². The monoisotopic (exact) mass is 364 g/mol. The smallest absolute Gasteiger partial charge is 0.338 e. The highest BCUT2D eigenvalue weighted by atomic mass is 16.5.